The molecule has 0 saturated carbocycles. The Hall–Kier alpha value is -2.15. The average Bonchev–Trinajstić information content (AvgIpc) is 2.98. The smallest absolute Gasteiger partial charge is 0.412 e. The molecule has 27 heavy (non-hydrogen) atoms. The van der Waals surface area contributed by atoms with E-state index in [9.17, 15) is 9.18 Å². The number of rotatable bonds is 4. The summed E-state index contributed by atoms with van der Waals surface area (Å²) in [7, 11) is 0. The van der Waals surface area contributed by atoms with E-state index in [-0.39, 0.29) is 12.4 Å². The predicted molar refractivity (Wildman–Crippen MR) is 107 cm³/mol. The summed E-state index contributed by atoms with van der Waals surface area (Å²) in [6, 6.07) is 9.97. The fraction of sp³-hybridized carbons (Fsp3) is 0.158. The maximum Gasteiger partial charge on any atom is 0.412 e. The molecule has 1 aromatic heterocycles. The number of aromatic nitrogens is 1. The van der Waals surface area contributed by atoms with Crippen LogP contribution in [0.5, 0.6) is 0 Å². The van der Waals surface area contributed by atoms with Gasteiger partial charge in [0.05, 0.1) is 16.3 Å². The van der Waals surface area contributed by atoms with Crippen LogP contribution in [0, 0.1) is 19.7 Å². The van der Waals surface area contributed by atoms with Crippen LogP contribution < -0.4 is 5.32 Å². The minimum absolute atomic E-state index is 0.0252. The van der Waals surface area contributed by atoms with Crippen molar-refractivity contribution in [3.05, 3.63) is 69.1 Å². The van der Waals surface area contributed by atoms with E-state index < -0.39 is 6.09 Å². The lowest BCUT2D eigenvalue weighted by atomic mass is 10.1. The van der Waals surface area contributed by atoms with E-state index in [0.29, 0.717) is 43.0 Å². The highest BCUT2D eigenvalue weighted by atomic mass is 35.5. The molecule has 0 radical (unpaired) electrons. The van der Waals surface area contributed by atoms with Crippen molar-refractivity contribution in [1.29, 1.82) is 0 Å². The Morgan fingerprint density at radius 2 is 1.96 bits per heavy atom. The van der Waals surface area contributed by atoms with Crippen molar-refractivity contribution in [2.75, 3.05) is 5.32 Å². The van der Waals surface area contributed by atoms with Crippen LogP contribution in [0.25, 0.3) is 10.4 Å². The summed E-state index contributed by atoms with van der Waals surface area (Å²) in [4.78, 5) is 12.8. The van der Waals surface area contributed by atoms with Gasteiger partial charge in [-0.1, -0.05) is 41.4 Å². The lowest BCUT2D eigenvalue weighted by Gasteiger charge is -2.10. The van der Waals surface area contributed by atoms with E-state index in [2.05, 4.69) is 9.69 Å². The number of hydrogen-bond donors (Lipinski definition) is 1. The zero-order valence-electron chi connectivity index (χ0n) is 14.5. The van der Waals surface area contributed by atoms with Gasteiger partial charge in [0, 0.05) is 21.2 Å². The Kier molecular flexibility index (Phi) is 5.99. The third kappa shape index (κ3) is 4.40. The molecule has 140 valence electrons. The molecule has 0 saturated heterocycles. The Morgan fingerprint density at radius 1 is 1.22 bits per heavy atom. The Balaban J connectivity index is 1.80. The van der Waals surface area contributed by atoms with Gasteiger partial charge in [0.2, 0.25) is 0 Å². The van der Waals surface area contributed by atoms with Crippen LogP contribution in [0.1, 0.15) is 16.8 Å². The number of nitrogens with zero attached hydrogens (tertiary/aromatic N) is 1. The van der Waals surface area contributed by atoms with Gasteiger partial charge < -0.3 is 4.74 Å². The van der Waals surface area contributed by atoms with Crippen molar-refractivity contribution in [1.82, 2.24) is 4.37 Å². The van der Waals surface area contributed by atoms with Crippen LogP contribution in [-0.4, -0.2) is 10.5 Å². The zero-order valence-corrected chi connectivity index (χ0v) is 16.8. The summed E-state index contributed by atoms with van der Waals surface area (Å²) in [5.74, 6) is -0.382. The number of halogens is 3. The molecule has 0 fully saturated rings. The number of nitrogens with one attached hydrogen (secondary N) is 1. The quantitative estimate of drug-likeness (QED) is 0.511. The van der Waals surface area contributed by atoms with Gasteiger partial charge in [-0.3, -0.25) is 5.32 Å². The zero-order chi connectivity index (χ0) is 19.6. The van der Waals surface area contributed by atoms with Crippen molar-refractivity contribution >= 4 is 46.5 Å². The van der Waals surface area contributed by atoms with E-state index >= 15 is 0 Å². The van der Waals surface area contributed by atoms with Crippen LogP contribution in [-0.2, 0) is 11.3 Å². The number of carbonyl (C=O) groups is 1. The molecule has 0 spiro atoms. The summed E-state index contributed by atoms with van der Waals surface area (Å²) in [6.07, 6.45) is -0.664. The predicted octanol–water partition coefficient (Wildman–Crippen LogP) is 6.62. The van der Waals surface area contributed by atoms with Crippen LogP contribution in [0.3, 0.4) is 0 Å². The van der Waals surface area contributed by atoms with Crippen molar-refractivity contribution in [2.24, 2.45) is 0 Å². The van der Waals surface area contributed by atoms with E-state index in [0.717, 1.165) is 11.5 Å². The first-order valence-electron chi connectivity index (χ1n) is 7.96. The van der Waals surface area contributed by atoms with Crippen LogP contribution in [0.2, 0.25) is 10.0 Å². The third-order valence-corrected chi connectivity index (χ3v) is 5.55. The molecule has 0 bridgehead atoms. The molecule has 2 aromatic carbocycles. The second-order valence-corrected chi connectivity index (χ2v) is 7.43. The normalized spacial score (nSPS) is 10.7. The van der Waals surface area contributed by atoms with E-state index in [1.807, 2.05) is 6.07 Å². The molecule has 4 nitrogen and oxygen atoms in total. The molecule has 3 rings (SSSR count). The average molecular weight is 425 g/mol. The van der Waals surface area contributed by atoms with Gasteiger partial charge in [-0.05, 0) is 49.1 Å². The Morgan fingerprint density at radius 3 is 2.70 bits per heavy atom. The molecule has 3 aromatic rings. The van der Waals surface area contributed by atoms with Crippen LogP contribution in [0.4, 0.5) is 14.9 Å². The van der Waals surface area contributed by atoms with Crippen molar-refractivity contribution < 1.29 is 13.9 Å². The number of hydrogen-bond acceptors (Lipinski definition) is 4. The number of amides is 1. The minimum Gasteiger partial charge on any atom is -0.444 e. The second kappa shape index (κ2) is 8.25. The molecule has 8 heteroatoms. The number of anilines is 1. The van der Waals surface area contributed by atoms with E-state index in [1.165, 1.54) is 6.07 Å². The summed E-state index contributed by atoms with van der Waals surface area (Å²) < 4.78 is 23.5. The largest absolute Gasteiger partial charge is 0.444 e. The second-order valence-electron chi connectivity index (χ2n) is 5.85. The van der Waals surface area contributed by atoms with Crippen molar-refractivity contribution in [2.45, 2.75) is 20.5 Å². The van der Waals surface area contributed by atoms with Crippen LogP contribution >= 0.6 is 34.7 Å². The molecule has 1 N–H and O–H groups in total. The van der Waals surface area contributed by atoms with Gasteiger partial charge in [0.1, 0.15) is 12.4 Å². The first-order chi connectivity index (χ1) is 12.9. The standard InChI is InChI=1S/C19H15Cl2FN2O2S/c1-10-7-15(21)13(8-16(10)22)18-17(11(2)24-27-18)23-19(25)26-9-12-5-3-4-6-14(12)20/h3-8H,9H2,1-2H3,(H,23,25). The lowest BCUT2D eigenvalue weighted by molar-refractivity contribution is 0.155. The molecular weight excluding hydrogens is 410 g/mol. The fourth-order valence-electron chi connectivity index (χ4n) is 2.42. The SMILES string of the molecule is Cc1cc(Cl)c(-c2snc(C)c2NC(=O)OCc2ccccc2Cl)cc1F. The number of carbonyl (C=O) groups excluding carboxylic acids is 1. The maximum absolute atomic E-state index is 14.0. The highest BCUT2D eigenvalue weighted by Crippen LogP contribution is 2.39. The van der Waals surface area contributed by atoms with E-state index in [1.54, 1.807) is 38.1 Å². The van der Waals surface area contributed by atoms with Gasteiger partial charge >= 0.3 is 6.09 Å². The number of aryl methyl sites for hydroxylation is 2. The van der Waals surface area contributed by atoms with Crippen LogP contribution in [0.15, 0.2) is 36.4 Å². The summed E-state index contributed by atoms with van der Waals surface area (Å²) in [5.41, 5.74) is 2.62. The van der Waals surface area contributed by atoms with Gasteiger partial charge in [-0.25, -0.2) is 9.18 Å². The molecular formula is C19H15Cl2FN2O2S. The molecule has 1 amide bonds. The molecule has 0 aliphatic heterocycles. The van der Waals surface area contributed by atoms with Gasteiger partial charge in [0.15, 0.2) is 0 Å². The highest BCUT2D eigenvalue weighted by molar-refractivity contribution is 7.10. The molecule has 0 atom stereocenters. The Labute approximate surface area is 170 Å². The van der Waals surface area contributed by atoms with Crippen molar-refractivity contribution in [3.8, 4) is 10.4 Å². The molecule has 0 unspecified atom stereocenters. The van der Waals surface area contributed by atoms with Gasteiger partial charge in [0.25, 0.3) is 0 Å². The first kappa shape index (κ1) is 19.6. The fourth-order valence-corrected chi connectivity index (χ4v) is 3.85. The lowest BCUT2D eigenvalue weighted by Crippen LogP contribution is -2.14. The maximum atomic E-state index is 14.0. The summed E-state index contributed by atoms with van der Waals surface area (Å²) >= 11 is 13.4. The minimum atomic E-state index is -0.664. The van der Waals surface area contributed by atoms with E-state index in [4.69, 9.17) is 27.9 Å². The number of ether oxygens (including phenoxy) is 1. The van der Waals surface area contributed by atoms with Gasteiger partial charge in [-0.15, -0.1) is 0 Å². The summed E-state index contributed by atoms with van der Waals surface area (Å²) in [6.45, 7) is 3.40. The Bertz CT molecular complexity index is 1010. The summed E-state index contributed by atoms with van der Waals surface area (Å²) in [5, 5.41) is 3.57. The molecule has 0 aliphatic carbocycles. The topological polar surface area (TPSA) is 51.2 Å². The number of benzene rings is 2. The first-order valence-corrected chi connectivity index (χ1v) is 9.49. The van der Waals surface area contributed by atoms with Crippen molar-refractivity contribution in [3.63, 3.8) is 0 Å². The molecule has 0 aliphatic rings. The van der Waals surface area contributed by atoms with Gasteiger partial charge in [-0.2, -0.15) is 4.37 Å². The monoisotopic (exact) mass is 424 g/mol. The third-order valence-electron chi connectivity index (χ3n) is 3.90. The molecule has 1 heterocycles. The highest BCUT2D eigenvalue weighted by Gasteiger charge is 2.19.